The van der Waals surface area contributed by atoms with Crippen molar-refractivity contribution in [2.75, 3.05) is 63.2 Å². The Morgan fingerprint density at radius 1 is 0.585 bits per heavy atom. The quantitative estimate of drug-likeness (QED) is 0.389. The summed E-state index contributed by atoms with van der Waals surface area (Å²) in [5.41, 5.74) is 0.810. The Morgan fingerprint density at radius 2 is 0.927 bits per heavy atom. The second kappa shape index (κ2) is 12.4. The van der Waals surface area contributed by atoms with Crippen molar-refractivity contribution in [3.8, 4) is 0 Å². The Balaban J connectivity index is 1.18. The predicted molar refractivity (Wildman–Crippen MR) is 152 cm³/mol. The Labute approximate surface area is 242 Å². The van der Waals surface area contributed by atoms with E-state index < -0.39 is 31.9 Å². The average Bonchev–Trinajstić information content (AvgIpc) is 3.50. The van der Waals surface area contributed by atoms with E-state index in [1.165, 1.54) is 69.3 Å². The molecule has 2 saturated heterocycles. The van der Waals surface area contributed by atoms with E-state index in [1.54, 1.807) is 0 Å². The van der Waals surface area contributed by atoms with Gasteiger partial charge in [0.2, 0.25) is 20.0 Å². The van der Waals surface area contributed by atoms with Gasteiger partial charge in [-0.25, -0.2) is 16.8 Å². The van der Waals surface area contributed by atoms with Gasteiger partial charge in [-0.05, 0) is 60.7 Å². The molecule has 0 saturated carbocycles. The van der Waals surface area contributed by atoms with Gasteiger partial charge in [0.15, 0.2) is 0 Å². The summed E-state index contributed by atoms with van der Waals surface area (Å²) in [6.45, 7) is 2.55. The summed E-state index contributed by atoms with van der Waals surface area (Å²) in [5, 5.41) is 5.42. The average molecular weight is 621 g/mol. The number of hydrogen-bond acceptors (Lipinski definition) is 9. The molecule has 2 aliphatic rings. The van der Waals surface area contributed by atoms with Crippen molar-refractivity contribution in [3.63, 3.8) is 0 Å². The van der Waals surface area contributed by atoms with Crippen molar-refractivity contribution in [2.24, 2.45) is 0 Å². The van der Waals surface area contributed by atoms with Gasteiger partial charge in [-0.1, -0.05) is 0 Å². The molecule has 0 spiro atoms. The minimum atomic E-state index is -3.64. The number of hydrogen-bond donors (Lipinski definition) is 2. The summed E-state index contributed by atoms with van der Waals surface area (Å²) < 4.78 is 64.3. The van der Waals surface area contributed by atoms with Gasteiger partial charge in [0.05, 0.1) is 46.0 Å². The highest BCUT2D eigenvalue weighted by atomic mass is 32.2. The fourth-order valence-corrected chi connectivity index (χ4v) is 7.87. The Hall–Kier alpha value is -3.18. The van der Waals surface area contributed by atoms with E-state index >= 15 is 0 Å². The number of rotatable bonds is 8. The van der Waals surface area contributed by atoms with Crippen molar-refractivity contribution in [1.29, 1.82) is 0 Å². The largest absolute Gasteiger partial charge is 0.379 e. The first-order valence-electron chi connectivity index (χ1n) is 12.7. The molecule has 2 aromatic carbocycles. The van der Waals surface area contributed by atoms with Crippen LogP contribution < -0.4 is 10.6 Å². The van der Waals surface area contributed by atoms with Crippen LogP contribution in [0.2, 0.25) is 0 Å². The third-order valence-corrected chi connectivity index (χ3v) is 11.4. The number of amides is 2. The highest BCUT2D eigenvalue weighted by Gasteiger charge is 2.27. The number of carbonyl (C=O) groups is 2. The smallest absolute Gasteiger partial charge is 0.265 e. The van der Waals surface area contributed by atoms with E-state index in [2.05, 4.69) is 10.6 Å². The molecule has 1 aromatic heterocycles. The number of carbonyl (C=O) groups excluding carboxylic acids is 2. The molecule has 3 aromatic rings. The van der Waals surface area contributed by atoms with Gasteiger partial charge in [0.25, 0.3) is 11.8 Å². The maximum absolute atomic E-state index is 12.8. The van der Waals surface area contributed by atoms with E-state index in [0.29, 0.717) is 37.8 Å². The van der Waals surface area contributed by atoms with Crippen molar-refractivity contribution >= 4 is 54.6 Å². The van der Waals surface area contributed by atoms with Crippen LogP contribution in [0, 0.1) is 0 Å². The molecule has 0 unspecified atom stereocenters. The lowest BCUT2D eigenvalue weighted by Gasteiger charge is -2.26. The van der Waals surface area contributed by atoms with Crippen molar-refractivity contribution in [2.45, 2.75) is 9.79 Å². The van der Waals surface area contributed by atoms with Crippen molar-refractivity contribution in [1.82, 2.24) is 8.61 Å². The van der Waals surface area contributed by atoms with Gasteiger partial charge in [-0.2, -0.15) is 8.61 Å². The summed E-state index contributed by atoms with van der Waals surface area (Å²) in [6, 6.07) is 14.8. The standard InChI is InChI=1S/C26H28N4O8S3/c31-25(27-19-1-5-21(6-2-19)40(33,34)29-11-15-37-16-12-29)23-9-10-24(39-23)26(32)28-20-3-7-22(8-4-20)41(35,36)30-13-17-38-18-14-30/h1-10H,11-18H2,(H,27,31)(H,28,32). The summed E-state index contributed by atoms with van der Waals surface area (Å²) >= 11 is 0.987. The van der Waals surface area contributed by atoms with E-state index in [4.69, 9.17) is 9.47 Å². The molecule has 2 fully saturated rings. The molecule has 0 atom stereocenters. The summed E-state index contributed by atoms with van der Waals surface area (Å²) in [6.07, 6.45) is 0. The van der Waals surface area contributed by atoms with Crippen LogP contribution in [0.4, 0.5) is 11.4 Å². The van der Waals surface area contributed by atoms with Crippen LogP contribution in [-0.2, 0) is 29.5 Å². The lowest BCUT2D eigenvalue weighted by molar-refractivity contribution is 0.0730. The number of thiophene rings is 1. The van der Waals surface area contributed by atoms with Gasteiger partial charge >= 0.3 is 0 Å². The summed E-state index contributed by atoms with van der Waals surface area (Å²) in [4.78, 5) is 26.3. The molecular weight excluding hydrogens is 593 g/mol. The van der Waals surface area contributed by atoms with Crippen LogP contribution in [0.1, 0.15) is 19.3 Å². The van der Waals surface area contributed by atoms with Gasteiger partial charge in [-0.15, -0.1) is 11.3 Å². The molecule has 2 N–H and O–H groups in total. The lowest BCUT2D eigenvalue weighted by atomic mass is 10.3. The van der Waals surface area contributed by atoms with E-state index in [9.17, 15) is 26.4 Å². The number of benzene rings is 2. The highest BCUT2D eigenvalue weighted by Crippen LogP contribution is 2.24. The first-order chi connectivity index (χ1) is 19.6. The molecule has 218 valence electrons. The Morgan fingerprint density at radius 3 is 1.27 bits per heavy atom. The molecule has 3 heterocycles. The van der Waals surface area contributed by atoms with Gasteiger partial charge in [0, 0.05) is 37.6 Å². The Kier molecular flexibility index (Phi) is 8.84. The van der Waals surface area contributed by atoms with E-state index in [0.717, 1.165) is 11.3 Å². The summed E-state index contributed by atoms with van der Waals surface area (Å²) in [7, 11) is -7.29. The van der Waals surface area contributed by atoms with Gasteiger partial charge in [0.1, 0.15) is 0 Å². The minimum absolute atomic E-state index is 0.124. The maximum Gasteiger partial charge on any atom is 0.265 e. The van der Waals surface area contributed by atoms with Crippen LogP contribution in [0.25, 0.3) is 0 Å². The predicted octanol–water partition coefficient (Wildman–Crippen LogP) is 2.29. The molecule has 0 bridgehead atoms. The fourth-order valence-electron chi connectivity index (χ4n) is 4.26. The van der Waals surface area contributed by atoms with E-state index in [-0.39, 0.29) is 45.7 Å². The third kappa shape index (κ3) is 6.67. The molecular formula is C26H28N4O8S3. The minimum Gasteiger partial charge on any atom is -0.379 e. The zero-order valence-corrected chi connectivity index (χ0v) is 24.3. The van der Waals surface area contributed by atoms with Crippen LogP contribution in [0.5, 0.6) is 0 Å². The van der Waals surface area contributed by atoms with Crippen molar-refractivity contribution in [3.05, 3.63) is 70.4 Å². The molecule has 41 heavy (non-hydrogen) atoms. The molecule has 12 nitrogen and oxygen atoms in total. The molecule has 2 aliphatic heterocycles. The second-order valence-corrected chi connectivity index (χ2v) is 14.1. The first kappa shape index (κ1) is 29.3. The molecule has 5 rings (SSSR count). The normalized spacial score (nSPS) is 17.2. The lowest BCUT2D eigenvalue weighted by Crippen LogP contribution is -2.40. The fraction of sp³-hybridized carbons (Fsp3) is 0.308. The third-order valence-electron chi connectivity index (χ3n) is 6.49. The number of anilines is 2. The first-order valence-corrected chi connectivity index (χ1v) is 16.4. The highest BCUT2D eigenvalue weighted by molar-refractivity contribution is 7.89. The van der Waals surface area contributed by atoms with Crippen LogP contribution in [-0.4, -0.2) is 89.9 Å². The van der Waals surface area contributed by atoms with Crippen molar-refractivity contribution < 1.29 is 35.9 Å². The number of ether oxygens (including phenoxy) is 2. The SMILES string of the molecule is O=C(Nc1ccc(S(=O)(=O)N2CCOCC2)cc1)c1ccc(C(=O)Nc2ccc(S(=O)(=O)N3CCOCC3)cc2)s1. The maximum atomic E-state index is 12.8. The van der Waals surface area contributed by atoms with E-state index in [1.807, 2.05) is 0 Å². The van der Waals surface area contributed by atoms with Gasteiger partial charge in [-0.3, -0.25) is 9.59 Å². The molecule has 0 aliphatic carbocycles. The summed E-state index contributed by atoms with van der Waals surface area (Å²) in [5.74, 6) is -0.897. The van der Waals surface area contributed by atoms with Crippen LogP contribution in [0.3, 0.4) is 0 Å². The Bertz CT molecular complexity index is 1490. The monoisotopic (exact) mass is 620 g/mol. The molecule has 0 radical (unpaired) electrons. The molecule has 15 heteroatoms. The topological polar surface area (TPSA) is 151 Å². The number of sulfonamides is 2. The second-order valence-electron chi connectivity index (χ2n) is 9.15. The van der Waals surface area contributed by atoms with Crippen LogP contribution in [0.15, 0.2) is 70.5 Å². The van der Waals surface area contributed by atoms with Gasteiger partial charge < -0.3 is 20.1 Å². The molecule has 2 amide bonds. The number of morpholine rings is 2. The zero-order chi connectivity index (χ0) is 29.0. The zero-order valence-electron chi connectivity index (χ0n) is 21.8. The number of nitrogens with one attached hydrogen (secondary N) is 2. The van der Waals surface area contributed by atoms with Crippen LogP contribution >= 0.6 is 11.3 Å². The number of nitrogens with zero attached hydrogens (tertiary/aromatic N) is 2.